The second-order valence-electron chi connectivity index (χ2n) is 7.73. The number of carbonyl (C=O) groups excluding carboxylic acids is 1. The molecule has 3 N–H and O–H groups in total. The molecule has 0 saturated heterocycles. The van der Waals surface area contributed by atoms with Crippen molar-refractivity contribution in [3.63, 3.8) is 0 Å². The van der Waals surface area contributed by atoms with Gasteiger partial charge in [-0.1, -0.05) is 18.2 Å². The number of carbonyl (C=O) groups is 1. The van der Waals surface area contributed by atoms with E-state index in [1.807, 2.05) is 74.8 Å². The van der Waals surface area contributed by atoms with Crippen LogP contribution in [0.3, 0.4) is 0 Å². The van der Waals surface area contributed by atoms with E-state index in [2.05, 4.69) is 37.7 Å². The van der Waals surface area contributed by atoms with Crippen molar-refractivity contribution in [1.29, 1.82) is 0 Å². The Morgan fingerprint density at radius 3 is 2.34 bits per heavy atom. The molecule has 0 spiro atoms. The van der Waals surface area contributed by atoms with Gasteiger partial charge in [0.25, 0.3) is 5.91 Å². The van der Waals surface area contributed by atoms with Gasteiger partial charge >= 0.3 is 0 Å². The Hall–Kier alpha value is -3.97. The van der Waals surface area contributed by atoms with Crippen molar-refractivity contribution >= 4 is 39.8 Å². The Labute approximate surface area is 187 Å². The normalized spacial score (nSPS) is 11.9. The van der Waals surface area contributed by atoms with Gasteiger partial charge in [-0.2, -0.15) is 0 Å². The zero-order chi connectivity index (χ0) is 22.5. The van der Waals surface area contributed by atoms with Gasteiger partial charge in [-0.15, -0.1) is 0 Å². The van der Waals surface area contributed by atoms with E-state index in [0.29, 0.717) is 11.2 Å². The number of pyridine rings is 2. The first-order valence-electron chi connectivity index (χ1n) is 10.4. The number of amides is 1. The lowest BCUT2D eigenvalue weighted by Crippen LogP contribution is -2.32. The van der Waals surface area contributed by atoms with Crippen molar-refractivity contribution < 1.29 is 4.79 Å². The summed E-state index contributed by atoms with van der Waals surface area (Å²) in [5.74, 6) is 0.646. The van der Waals surface area contributed by atoms with E-state index in [4.69, 9.17) is 0 Å². The summed E-state index contributed by atoms with van der Waals surface area (Å²) in [6, 6.07) is 22.6. The summed E-state index contributed by atoms with van der Waals surface area (Å²) in [5, 5.41) is 10.6. The van der Waals surface area contributed by atoms with Crippen molar-refractivity contribution in [1.82, 2.24) is 14.9 Å². The third-order valence-corrected chi connectivity index (χ3v) is 5.19. The molecule has 4 aromatic rings. The number of hydrogen-bond acceptors (Lipinski definition) is 6. The molecule has 32 heavy (non-hydrogen) atoms. The van der Waals surface area contributed by atoms with Crippen LogP contribution in [0.1, 0.15) is 17.3 Å². The van der Waals surface area contributed by atoms with Gasteiger partial charge in [0, 0.05) is 28.5 Å². The second-order valence-corrected chi connectivity index (χ2v) is 7.73. The van der Waals surface area contributed by atoms with Crippen LogP contribution in [0, 0.1) is 0 Å². The number of nitrogens with zero attached hydrogens (tertiary/aromatic N) is 3. The summed E-state index contributed by atoms with van der Waals surface area (Å²) in [7, 11) is 4.02. The highest BCUT2D eigenvalue weighted by Gasteiger charge is 2.09. The van der Waals surface area contributed by atoms with Crippen molar-refractivity contribution in [2.24, 2.45) is 0 Å². The fourth-order valence-corrected chi connectivity index (χ4v) is 3.15. The van der Waals surface area contributed by atoms with E-state index in [0.717, 1.165) is 28.3 Å². The summed E-state index contributed by atoms with van der Waals surface area (Å²) in [6.07, 6.45) is 1.90. The highest BCUT2D eigenvalue weighted by Crippen LogP contribution is 2.26. The molecule has 2 aromatic carbocycles. The Bertz CT molecular complexity index is 1210. The zero-order valence-corrected chi connectivity index (χ0v) is 18.3. The van der Waals surface area contributed by atoms with Crippen LogP contribution in [-0.2, 0) is 0 Å². The lowest BCUT2D eigenvalue weighted by molar-refractivity contribution is 0.102. The number of hydrogen-bond donors (Lipinski definition) is 3. The number of benzene rings is 2. The van der Waals surface area contributed by atoms with Crippen LogP contribution >= 0.6 is 0 Å². The van der Waals surface area contributed by atoms with Gasteiger partial charge < -0.3 is 16.0 Å². The van der Waals surface area contributed by atoms with Gasteiger partial charge in [-0.05, 0) is 75.6 Å². The molecule has 2 aromatic heterocycles. The minimum atomic E-state index is -0.134. The maximum Gasteiger partial charge on any atom is 0.255 e. The summed E-state index contributed by atoms with van der Waals surface area (Å²) in [5.41, 5.74) is 3.84. The smallest absolute Gasteiger partial charge is 0.255 e. The fraction of sp³-hybridized carbons (Fsp3) is 0.160. The number of aromatic nitrogens is 2. The van der Waals surface area contributed by atoms with E-state index in [1.165, 1.54) is 0 Å². The van der Waals surface area contributed by atoms with E-state index < -0.39 is 0 Å². The average Bonchev–Trinajstić information content (AvgIpc) is 2.81. The van der Waals surface area contributed by atoms with Crippen LogP contribution < -0.4 is 16.0 Å². The van der Waals surface area contributed by atoms with Crippen LogP contribution in [0.5, 0.6) is 0 Å². The zero-order valence-electron chi connectivity index (χ0n) is 18.3. The molecular formula is C25H26N6O. The van der Waals surface area contributed by atoms with Crippen molar-refractivity contribution in [2.45, 2.75) is 13.1 Å². The maximum atomic E-state index is 12.3. The fourth-order valence-electron chi connectivity index (χ4n) is 3.15. The number of anilines is 4. The van der Waals surface area contributed by atoms with Gasteiger partial charge in [0.1, 0.15) is 5.82 Å². The minimum Gasteiger partial charge on any atom is -0.355 e. The molecule has 1 atom stereocenters. The Morgan fingerprint density at radius 2 is 1.62 bits per heavy atom. The largest absolute Gasteiger partial charge is 0.355 e. The van der Waals surface area contributed by atoms with Gasteiger partial charge in [-0.3, -0.25) is 9.69 Å². The number of rotatable bonds is 7. The monoisotopic (exact) mass is 426 g/mol. The molecule has 0 aliphatic heterocycles. The van der Waals surface area contributed by atoms with E-state index in [9.17, 15) is 4.79 Å². The maximum absolute atomic E-state index is 12.3. The summed E-state index contributed by atoms with van der Waals surface area (Å²) >= 11 is 0. The molecule has 0 bridgehead atoms. The van der Waals surface area contributed by atoms with Crippen LogP contribution in [-0.4, -0.2) is 41.0 Å². The SMILES string of the molecule is CC(Nc1ccc2c(Nc3ccc(NC(=O)c4ccccc4)cc3)ccnc2n1)N(C)C. The van der Waals surface area contributed by atoms with Gasteiger partial charge in [0.15, 0.2) is 5.65 Å². The topological polar surface area (TPSA) is 82.2 Å². The van der Waals surface area contributed by atoms with Crippen molar-refractivity contribution in [3.05, 3.63) is 84.6 Å². The summed E-state index contributed by atoms with van der Waals surface area (Å²) < 4.78 is 0. The molecule has 0 saturated carbocycles. The molecular weight excluding hydrogens is 400 g/mol. The van der Waals surface area contributed by atoms with Gasteiger partial charge in [-0.25, -0.2) is 9.97 Å². The third-order valence-electron chi connectivity index (χ3n) is 5.19. The standard InChI is InChI=1S/C25H26N6O/c1-17(31(2)3)27-23-14-13-21-22(15-16-26-24(21)30-23)28-19-9-11-20(12-10-19)29-25(32)18-7-5-4-6-8-18/h4-17H,1-3H3,(H,29,32)(H2,26,27,28,30). The van der Waals surface area contributed by atoms with Crippen LogP contribution in [0.15, 0.2) is 79.0 Å². The first kappa shape index (κ1) is 21.3. The molecule has 7 nitrogen and oxygen atoms in total. The van der Waals surface area contributed by atoms with Crippen LogP contribution in [0.2, 0.25) is 0 Å². The Morgan fingerprint density at radius 1 is 0.906 bits per heavy atom. The van der Waals surface area contributed by atoms with Crippen LogP contribution in [0.25, 0.3) is 11.0 Å². The minimum absolute atomic E-state index is 0.134. The van der Waals surface area contributed by atoms with Crippen molar-refractivity contribution in [2.75, 3.05) is 30.0 Å². The predicted octanol–water partition coefficient (Wildman–Crippen LogP) is 4.95. The highest BCUT2D eigenvalue weighted by molar-refractivity contribution is 6.04. The lowest BCUT2D eigenvalue weighted by atomic mass is 10.2. The first-order valence-corrected chi connectivity index (χ1v) is 10.4. The summed E-state index contributed by atoms with van der Waals surface area (Å²) in [4.78, 5) is 23.5. The molecule has 1 unspecified atom stereocenters. The first-order chi connectivity index (χ1) is 15.5. The van der Waals surface area contributed by atoms with E-state index >= 15 is 0 Å². The lowest BCUT2D eigenvalue weighted by Gasteiger charge is -2.21. The summed E-state index contributed by atoms with van der Waals surface area (Å²) in [6.45, 7) is 2.07. The molecule has 162 valence electrons. The Kier molecular flexibility index (Phi) is 6.28. The quantitative estimate of drug-likeness (QED) is 0.363. The second kappa shape index (κ2) is 9.45. The average molecular weight is 427 g/mol. The molecule has 0 aliphatic carbocycles. The van der Waals surface area contributed by atoms with E-state index in [1.54, 1.807) is 18.3 Å². The molecule has 0 radical (unpaired) electrons. The molecule has 2 heterocycles. The third kappa shape index (κ3) is 5.01. The molecule has 7 heteroatoms. The van der Waals surface area contributed by atoms with Crippen molar-refractivity contribution in [3.8, 4) is 0 Å². The highest BCUT2D eigenvalue weighted by atomic mass is 16.1. The van der Waals surface area contributed by atoms with Crippen LogP contribution in [0.4, 0.5) is 22.9 Å². The number of nitrogens with one attached hydrogen (secondary N) is 3. The molecule has 4 rings (SSSR count). The molecule has 0 aliphatic rings. The van der Waals surface area contributed by atoms with Gasteiger partial charge in [0.05, 0.1) is 11.9 Å². The molecule has 1 amide bonds. The Balaban J connectivity index is 1.47. The predicted molar refractivity (Wildman–Crippen MR) is 130 cm³/mol. The van der Waals surface area contributed by atoms with E-state index in [-0.39, 0.29) is 12.1 Å². The van der Waals surface area contributed by atoms with Gasteiger partial charge in [0.2, 0.25) is 0 Å². The molecule has 0 fully saturated rings. The number of fused-ring (bicyclic) bond motifs is 1.